The molecule has 3 rings (SSSR count). The Kier molecular flexibility index (Phi) is 5.77. The van der Waals surface area contributed by atoms with Crippen molar-refractivity contribution in [2.45, 2.75) is 13.3 Å². The van der Waals surface area contributed by atoms with Crippen molar-refractivity contribution in [2.75, 3.05) is 11.9 Å². The maximum absolute atomic E-state index is 12.3. The van der Waals surface area contributed by atoms with Crippen LogP contribution >= 0.6 is 11.3 Å². The zero-order valence-electron chi connectivity index (χ0n) is 14.5. The van der Waals surface area contributed by atoms with E-state index in [9.17, 15) is 14.9 Å². The van der Waals surface area contributed by atoms with Crippen molar-refractivity contribution in [3.8, 4) is 5.75 Å². The van der Waals surface area contributed by atoms with E-state index in [0.29, 0.717) is 29.5 Å². The molecule has 1 N–H and O–H groups in total. The number of hydrogen-bond donors (Lipinski definition) is 1. The van der Waals surface area contributed by atoms with E-state index in [1.165, 1.54) is 23.5 Å². The Labute approximate surface area is 159 Å². The quantitative estimate of drug-likeness (QED) is 0.485. The fraction of sp³-hybridized carbons (Fsp3) is 0.158. The number of non-ortho nitro benzene ring substituents is 1. The summed E-state index contributed by atoms with van der Waals surface area (Å²) in [7, 11) is 0. The first-order valence-electron chi connectivity index (χ1n) is 8.27. The third kappa shape index (κ3) is 4.89. The number of nitro benzene ring substituents is 1. The largest absolute Gasteiger partial charge is 0.494 e. The number of aromatic nitrogens is 1. The number of thiazole rings is 1. The minimum absolute atomic E-state index is 0.0565. The monoisotopic (exact) mass is 383 g/mol. The highest BCUT2D eigenvalue weighted by Gasteiger charge is 2.11. The maximum Gasteiger partial charge on any atom is 0.269 e. The third-order valence-electron chi connectivity index (χ3n) is 3.70. The number of carbonyl (C=O) groups excluding carboxylic acids is 1. The third-order valence-corrected chi connectivity index (χ3v) is 4.61. The highest BCUT2D eigenvalue weighted by atomic mass is 32.1. The van der Waals surface area contributed by atoms with Crippen LogP contribution in [0.3, 0.4) is 0 Å². The Balaban J connectivity index is 1.64. The van der Waals surface area contributed by atoms with E-state index in [1.54, 1.807) is 36.5 Å². The van der Waals surface area contributed by atoms with Gasteiger partial charge < -0.3 is 4.74 Å². The van der Waals surface area contributed by atoms with Gasteiger partial charge in [-0.3, -0.25) is 20.2 Å². The average molecular weight is 383 g/mol. The minimum Gasteiger partial charge on any atom is -0.494 e. The summed E-state index contributed by atoms with van der Waals surface area (Å²) in [6, 6.07) is 13.3. The van der Waals surface area contributed by atoms with Gasteiger partial charge in [-0.05, 0) is 36.8 Å². The second kappa shape index (κ2) is 8.41. The Bertz CT molecular complexity index is 954. The van der Waals surface area contributed by atoms with Crippen LogP contribution in [0.4, 0.5) is 10.8 Å². The molecule has 138 valence electrons. The van der Waals surface area contributed by atoms with E-state index in [-0.39, 0.29) is 11.6 Å². The number of ether oxygens (including phenoxy) is 1. The number of carbonyl (C=O) groups is 1. The van der Waals surface area contributed by atoms with E-state index >= 15 is 0 Å². The van der Waals surface area contributed by atoms with Crippen LogP contribution in [0.5, 0.6) is 5.75 Å². The number of rotatable bonds is 7. The number of amides is 1. The van der Waals surface area contributed by atoms with Gasteiger partial charge in [-0.2, -0.15) is 0 Å². The van der Waals surface area contributed by atoms with Crippen LogP contribution in [0.1, 0.15) is 27.7 Å². The molecule has 0 radical (unpaired) electrons. The SMILES string of the molecule is CCOc1ccc(C(=O)Nc2ncc(Cc3cccc([N+](=O)[O-])c3)s2)cc1. The van der Waals surface area contributed by atoms with Gasteiger partial charge in [0.1, 0.15) is 5.75 Å². The van der Waals surface area contributed by atoms with Crippen molar-refractivity contribution in [3.63, 3.8) is 0 Å². The van der Waals surface area contributed by atoms with Gasteiger partial charge in [0.25, 0.3) is 11.6 Å². The molecule has 0 aliphatic carbocycles. The Morgan fingerprint density at radius 3 is 2.74 bits per heavy atom. The van der Waals surface area contributed by atoms with Crippen LogP contribution in [0, 0.1) is 10.1 Å². The molecule has 0 bridgehead atoms. The number of anilines is 1. The number of nitrogens with one attached hydrogen (secondary N) is 1. The first-order chi connectivity index (χ1) is 13.0. The highest BCUT2D eigenvalue weighted by molar-refractivity contribution is 7.15. The minimum atomic E-state index is -0.418. The van der Waals surface area contributed by atoms with Crippen LogP contribution in [0.25, 0.3) is 0 Å². The summed E-state index contributed by atoms with van der Waals surface area (Å²) in [4.78, 5) is 27.9. The number of nitrogens with zero attached hydrogens (tertiary/aromatic N) is 2. The van der Waals surface area contributed by atoms with Crippen molar-refractivity contribution in [3.05, 3.63) is 80.8 Å². The second-order valence-corrected chi connectivity index (χ2v) is 6.76. The van der Waals surface area contributed by atoms with Gasteiger partial charge in [-0.25, -0.2) is 4.98 Å². The first kappa shape index (κ1) is 18.5. The molecule has 2 aromatic carbocycles. The number of nitro groups is 1. The molecule has 0 saturated heterocycles. The molecule has 1 amide bonds. The molecule has 3 aromatic rings. The highest BCUT2D eigenvalue weighted by Crippen LogP contribution is 2.23. The normalized spacial score (nSPS) is 10.4. The van der Waals surface area contributed by atoms with Crippen LogP contribution in [-0.2, 0) is 6.42 Å². The van der Waals surface area contributed by atoms with E-state index < -0.39 is 4.92 Å². The van der Waals surface area contributed by atoms with Crippen molar-refractivity contribution in [1.82, 2.24) is 4.98 Å². The predicted octanol–water partition coefficient (Wildman–Crippen LogP) is 4.29. The molecule has 0 aliphatic heterocycles. The topological polar surface area (TPSA) is 94.4 Å². The van der Waals surface area contributed by atoms with Gasteiger partial charge in [0.2, 0.25) is 0 Å². The molecule has 0 fully saturated rings. The molecule has 0 aliphatic rings. The lowest BCUT2D eigenvalue weighted by Crippen LogP contribution is -2.11. The Morgan fingerprint density at radius 1 is 1.26 bits per heavy atom. The summed E-state index contributed by atoms with van der Waals surface area (Å²) in [6.45, 7) is 2.46. The fourth-order valence-electron chi connectivity index (χ4n) is 2.47. The zero-order valence-corrected chi connectivity index (χ0v) is 15.4. The lowest BCUT2D eigenvalue weighted by atomic mass is 10.1. The average Bonchev–Trinajstić information content (AvgIpc) is 3.09. The van der Waals surface area contributed by atoms with Crippen molar-refractivity contribution < 1.29 is 14.5 Å². The molecule has 1 aromatic heterocycles. The molecule has 0 atom stereocenters. The van der Waals surface area contributed by atoms with Gasteiger partial charge in [0.15, 0.2) is 5.13 Å². The molecule has 0 spiro atoms. The molecule has 27 heavy (non-hydrogen) atoms. The molecule has 0 unspecified atom stereocenters. The van der Waals surface area contributed by atoms with Crippen molar-refractivity contribution >= 4 is 28.1 Å². The summed E-state index contributed by atoms with van der Waals surface area (Å²) in [5.41, 5.74) is 1.38. The first-order valence-corrected chi connectivity index (χ1v) is 9.09. The summed E-state index contributed by atoms with van der Waals surface area (Å²) < 4.78 is 5.36. The van der Waals surface area contributed by atoms with Crippen LogP contribution in [0.2, 0.25) is 0 Å². The summed E-state index contributed by atoms with van der Waals surface area (Å²) >= 11 is 1.34. The standard InChI is InChI=1S/C19H17N3O4S/c1-2-26-16-8-6-14(7-9-16)18(23)21-19-20-12-17(27-19)11-13-4-3-5-15(10-13)22(24)25/h3-10,12H,2,11H2,1H3,(H,20,21,23). The van der Waals surface area contributed by atoms with Gasteiger partial charge in [-0.1, -0.05) is 12.1 Å². The van der Waals surface area contributed by atoms with Crippen molar-refractivity contribution in [2.24, 2.45) is 0 Å². The van der Waals surface area contributed by atoms with E-state index in [4.69, 9.17) is 4.74 Å². The van der Waals surface area contributed by atoms with Gasteiger partial charge >= 0.3 is 0 Å². The van der Waals surface area contributed by atoms with E-state index in [2.05, 4.69) is 10.3 Å². The predicted molar refractivity (Wildman–Crippen MR) is 104 cm³/mol. The van der Waals surface area contributed by atoms with E-state index in [0.717, 1.165) is 10.4 Å². The van der Waals surface area contributed by atoms with Gasteiger partial charge in [-0.15, -0.1) is 11.3 Å². The van der Waals surface area contributed by atoms with Gasteiger partial charge in [0, 0.05) is 35.2 Å². The lowest BCUT2D eigenvalue weighted by molar-refractivity contribution is -0.384. The zero-order chi connectivity index (χ0) is 19.2. The molecular weight excluding hydrogens is 366 g/mol. The second-order valence-electron chi connectivity index (χ2n) is 5.65. The Morgan fingerprint density at radius 2 is 2.04 bits per heavy atom. The van der Waals surface area contributed by atoms with E-state index in [1.807, 2.05) is 13.0 Å². The molecule has 8 heteroatoms. The Hall–Kier alpha value is -3.26. The maximum atomic E-state index is 12.3. The molecule has 7 nitrogen and oxygen atoms in total. The number of benzene rings is 2. The fourth-order valence-corrected chi connectivity index (χ4v) is 3.31. The summed E-state index contributed by atoms with van der Waals surface area (Å²) in [6.07, 6.45) is 2.18. The molecule has 1 heterocycles. The van der Waals surface area contributed by atoms with Crippen molar-refractivity contribution in [1.29, 1.82) is 0 Å². The number of hydrogen-bond acceptors (Lipinski definition) is 6. The van der Waals surface area contributed by atoms with Crippen LogP contribution < -0.4 is 10.1 Å². The lowest BCUT2D eigenvalue weighted by Gasteiger charge is -2.04. The van der Waals surface area contributed by atoms with Gasteiger partial charge in [0.05, 0.1) is 11.5 Å². The van der Waals surface area contributed by atoms with Crippen LogP contribution in [0.15, 0.2) is 54.7 Å². The molecular formula is C19H17N3O4S. The smallest absolute Gasteiger partial charge is 0.269 e. The van der Waals surface area contributed by atoms with Crippen LogP contribution in [-0.4, -0.2) is 22.4 Å². The molecule has 0 saturated carbocycles. The summed E-state index contributed by atoms with van der Waals surface area (Å²) in [5.74, 6) is 0.455. The summed E-state index contributed by atoms with van der Waals surface area (Å²) in [5, 5.41) is 14.1.